The van der Waals surface area contributed by atoms with E-state index in [2.05, 4.69) is 5.32 Å². The molecule has 2 aromatic rings. The Kier molecular flexibility index (Phi) is 6.39. The molecule has 0 bridgehead atoms. The molecule has 6 heteroatoms. The number of carboxylic acid groups (broad SMARTS) is 1. The number of nitrogens with one attached hydrogen (secondary N) is 1. The molecule has 0 saturated carbocycles. The summed E-state index contributed by atoms with van der Waals surface area (Å²) in [4.78, 5) is 22.8. The number of hydrogen-bond donors (Lipinski definition) is 2. The van der Waals surface area contributed by atoms with E-state index in [0.29, 0.717) is 13.0 Å². The highest BCUT2D eigenvalue weighted by atomic mass is 16.5. The zero-order chi connectivity index (χ0) is 18.2. The van der Waals surface area contributed by atoms with Gasteiger partial charge in [0.15, 0.2) is 0 Å². The van der Waals surface area contributed by atoms with Crippen molar-refractivity contribution in [2.75, 3.05) is 20.8 Å². The number of amides is 1. The maximum Gasteiger partial charge on any atom is 0.335 e. The second-order valence-corrected chi connectivity index (χ2v) is 5.46. The Hall–Kier alpha value is -3.02. The smallest absolute Gasteiger partial charge is 0.335 e. The highest BCUT2D eigenvalue weighted by molar-refractivity contribution is 5.87. The minimum Gasteiger partial charge on any atom is -0.497 e. The highest BCUT2D eigenvalue weighted by Crippen LogP contribution is 2.24. The van der Waals surface area contributed by atoms with Crippen LogP contribution in [0.4, 0.5) is 0 Å². The molecule has 0 aromatic heterocycles. The number of carbonyl (C=O) groups excluding carboxylic acids is 1. The number of ether oxygens (including phenoxy) is 2. The quantitative estimate of drug-likeness (QED) is 0.768. The standard InChI is InChI=1S/C19H21NO5/c1-24-16-7-8-17(25-2)15(12-16)9-10-20-18(21)11-13-3-5-14(6-4-13)19(22)23/h3-8,12H,9-11H2,1-2H3,(H,20,21)(H,22,23). The lowest BCUT2D eigenvalue weighted by atomic mass is 10.1. The van der Waals surface area contributed by atoms with Gasteiger partial charge in [-0.25, -0.2) is 4.79 Å². The molecule has 0 aliphatic rings. The molecule has 6 nitrogen and oxygen atoms in total. The molecule has 0 spiro atoms. The van der Waals surface area contributed by atoms with Crippen LogP contribution in [0.3, 0.4) is 0 Å². The maximum absolute atomic E-state index is 12.0. The van der Waals surface area contributed by atoms with Crippen molar-refractivity contribution >= 4 is 11.9 Å². The summed E-state index contributed by atoms with van der Waals surface area (Å²) in [5.74, 6) is 0.383. The van der Waals surface area contributed by atoms with Gasteiger partial charge in [0.2, 0.25) is 5.91 Å². The van der Waals surface area contributed by atoms with Crippen molar-refractivity contribution in [3.05, 3.63) is 59.2 Å². The fourth-order valence-corrected chi connectivity index (χ4v) is 2.43. The van der Waals surface area contributed by atoms with Gasteiger partial charge in [0.05, 0.1) is 26.2 Å². The van der Waals surface area contributed by atoms with E-state index in [4.69, 9.17) is 14.6 Å². The van der Waals surface area contributed by atoms with Crippen LogP contribution in [-0.2, 0) is 17.6 Å². The molecule has 2 aromatic carbocycles. The Morgan fingerprint density at radius 3 is 2.36 bits per heavy atom. The molecule has 0 heterocycles. The Bertz CT molecular complexity index is 740. The fraction of sp³-hybridized carbons (Fsp3) is 0.263. The van der Waals surface area contributed by atoms with E-state index in [1.807, 2.05) is 18.2 Å². The van der Waals surface area contributed by atoms with Gasteiger partial charge < -0.3 is 19.9 Å². The lowest BCUT2D eigenvalue weighted by Gasteiger charge is -2.11. The largest absolute Gasteiger partial charge is 0.497 e. The summed E-state index contributed by atoms with van der Waals surface area (Å²) in [6, 6.07) is 11.8. The lowest BCUT2D eigenvalue weighted by Crippen LogP contribution is -2.27. The van der Waals surface area contributed by atoms with Gasteiger partial charge in [-0.05, 0) is 47.9 Å². The van der Waals surface area contributed by atoms with Crippen LogP contribution in [0.15, 0.2) is 42.5 Å². The van der Waals surface area contributed by atoms with Crippen molar-refractivity contribution in [3.8, 4) is 11.5 Å². The Morgan fingerprint density at radius 1 is 1.04 bits per heavy atom. The third kappa shape index (κ3) is 5.24. The van der Waals surface area contributed by atoms with Crippen molar-refractivity contribution in [3.63, 3.8) is 0 Å². The number of carbonyl (C=O) groups is 2. The third-order valence-electron chi connectivity index (χ3n) is 3.77. The molecule has 25 heavy (non-hydrogen) atoms. The van der Waals surface area contributed by atoms with E-state index in [1.165, 1.54) is 12.1 Å². The van der Waals surface area contributed by atoms with Gasteiger partial charge in [0, 0.05) is 6.54 Å². The molecule has 1 amide bonds. The summed E-state index contributed by atoms with van der Waals surface area (Å²) >= 11 is 0. The second-order valence-electron chi connectivity index (χ2n) is 5.46. The minimum atomic E-state index is -0.983. The summed E-state index contributed by atoms with van der Waals surface area (Å²) < 4.78 is 10.5. The minimum absolute atomic E-state index is 0.120. The summed E-state index contributed by atoms with van der Waals surface area (Å²) in [6.07, 6.45) is 0.819. The Labute approximate surface area is 146 Å². The Balaban J connectivity index is 1.87. The molecule has 0 fully saturated rings. The van der Waals surface area contributed by atoms with Gasteiger partial charge in [-0.3, -0.25) is 4.79 Å². The van der Waals surface area contributed by atoms with Crippen LogP contribution in [0.1, 0.15) is 21.5 Å². The molecular weight excluding hydrogens is 322 g/mol. The zero-order valence-electron chi connectivity index (χ0n) is 14.2. The second kappa shape index (κ2) is 8.73. The molecule has 0 radical (unpaired) electrons. The number of carboxylic acids is 1. The van der Waals surface area contributed by atoms with E-state index in [1.54, 1.807) is 26.4 Å². The van der Waals surface area contributed by atoms with Crippen molar-refractivity contribution in [1.29, 1.82) is 0 Å². The van der Waals surface area contributed by atoms with Crippen molar-refractivity contribution < 1.29 is 24.2 Å². The Morgan fingerprint density at radius 2 is 1.76 bits per heavy atom. The number of rotatable bonds is 8. The molecule has 0 saturated heterocycles. The van der Waals surface area contributed by atoms with E-state index < -0.39 is 5.97 Å². The van der Waals surface area contributed by atoms with Gasteiger partial charge >= 0.3 is 5.97 Å². The molecule has 0 atom stereocenters. The molecule has 0 aliphatic carbocycles. The van der Waals surface area contributed by atoms with Crippen molar-refractivity contribution in [2.24, 2.45) is 0 Å². The predicted octanol–water partition coefficient (Wildman–Crippen LogP) is 2.30. The molecule has 2 rings (SSSR count). The molecule has 2 N–H and O–H groups in total. The maximum atomic E-state index is 12.0. The van der Waals surface area contributed by atoms with E-state index in [9.17, 15) is 9.59 Å². The average Bonchev–Trinajstić information content (AvgIpc) is 2.62. The molecule has 0 aliphatic heterocycles. The highest BCUT2D eigenvalue weighted by Gasteiger charge is 2.08. The van der Waals surface area contributed by atoms with Crippen LogP contribution in [0.5, 0.6) is 11.5 Å². The molecule has 132 valence electrons. The lowest BCUT2D eigenvalue weighted by molar-refractivity contribution is -0.120. The topological polar surface area (TPSA) is 84.9 Å². The normalized spacial score (nSPS) is 10.2. The molecular formula is C19H21NO5. The number of hydrogen-bond acceptors (Lipinski definition) is 4. The fourth-order valence-electron chi connectivity index (χ4n) is 2.43. The monoisotopic (exact) mass is 343 g/mol. The number of aromatic carboxylic acids is 1. The predicted molar refractivity (Wildman–Crippen MR) is 93.4 cm³/mol. The number of methoxy groups -OCH3 is 2. The van der Waals surface area contributed by atoms with Gasteiger partial charge in [0.25, 0.3) is 0 Å². The first-order valence-electron chi connectivity index (χ1n) is 7.83. The molecule has 0 unspecified atom stereocenters. The van der Waals surface area contributed by atoms with Gasteiger partial charge in [-0.15, -0.1) is 0 Å². The number of benzene rings is 2. The first kappa shape index (κ1) is 18.3. The van der Waals surface area contributed by atoms with Crippen LogP contribution in [0.2, 0.25) is 0 Å². The van der Waals surface area contributed by atoms with Crippen molar-refractivity contribution in [1.82, 2.24) is 5.32 Å². The summed E-state index contributed by atoms with van der Waals surface area (Å²) in [6.45, 7) is 0.468. The van der Waals surface area contributed by atoms with Crippen LogP contribution in [0, 0.1) is 0 Å². The summed E-state index contributed by atoms with van der Waals surface area (Å²) in [5.41, 5.74) is 1.92. The summed E-state index contributed by atoms with van der Waals surface area (Å²) in [5, 5.41) is 11.7. The zero-order valence-corrected chi connectivity index (χ0v) is 14.2. The average molecular weight is 343 g/mol. The SMILES string of the molecule is COc1ccc(OC)c(CCNC(=O)Cc2ccc(C(=O)O)cc2)c1. The first-order chi connectivity index (χ1) is 12.0. The van der Waals surface area contributed by atoms with Crippen LogP contribution >= 0.6 is 0 Å². The van der Waals surface area contributed by atoms with Crippen LogP contribution in [-0.4, -0.2) is 37.7 Å². The third-order valence-corrected chi connectivity index (χ3v) is 3.77. The van der Waals surface area contributed by atoms with Crippen LogP contribution < -0.4 is 14.8 Å². The summed E-state index contributed by atoms with van der Waals surface area (Å²) in [7, 11) is 3.20. The van der Waals surface area contributed by atoms with Gasteiger partial charge in [-0.2, -0.15) is 0 Å². The van der Waals surface area contributed by atoms with Gasteiger partial charge in [-0.1, -0.05) is 12.1 Å². The van der Waals surface area contributed by atoms with E-state index in [0.717, 1.165) is 22.6 Å². The van der Waals surface area contributed by atoms with E-state index >= 15 is 0 Å². The van der Waals surface area contributed by atoms with Crippen LogP contribution in [0.25, 0.3) is 0 Å². The van der Waals surface area contributed by atoms with E-state index in [-0.39, 0.29) is 17.9 Å². The first-order valence-corrected chi connectivity index (χ1v) is 7.83. The van der Waals surface area contributed by atoms with Crippen molar-refractivity contribution in [2.45, 2.75) is 12.8 Å². The van der Waals surface area contributed by atoms with Gasteiger partial charge in [0.1, 0.15) is 11.5 Å².